The molecule has 0 spiro atoms. The molecule has 2 aliphatic heterocycles. The molecule has 0 bridgehead atoms. The molecular weight excluding hydrogens is 453 g/mol. The maximum Gasteiger partial charge on any atom is 0.473 e. The fourth-order valence-corrected chi connectivity index (χ4v) is 5.25. The quantitative estimate of drug-likeness (QED) is 0.460. The third kappa shape index (κ3) is 5.18. The van der Waals surface area contributed by atoms with Crippen LogP contribution in [0.2, 0.25) is 0 Å². The topological polar surface area (TPSA) is 114 Å². The zero-order valence-electron chi connectivity index (χ0n) is 18.8. The zero-order chi connectivity index (χ0) is 24.5. The number of hydrogen-bond donors (Lipinski definition) is 2. The Hall–Kier alpha value is -2.69. The van der Waals surface area contributed by atoms with E-state index >= 15 is 0 Å². The molecule has 3 N–H and O–H groups in total. The van der Waals surface area contributed by atoms with Gasteiger partial charge in [-0.25, -0.2) is 0 Å². The lowest BCUT2D eigenvalue weighted by Gasteiger charge is -2.38. The summed E-state index contributed by atoms with van der Waals surface area (Å²) in [7, 11) is 0. The molecule has 8 nitrogen and oxygen atoms in total. The molecule has 0 aromatic rings. The minimum atomic E-state index is -5.10. The number of ether oxygens (including phenoxy) is 1. The lowest BCUT2D eigenvalue weighted by atomic mass is 9.83. The summed E-state index contributed by atoms with van der Waals surface area (Å²) in [4.78, 5) is 41.6. The summed E-state index contributed by atoms with van der Waals surface area (Å²) >= 11 is 0. The van der Waals surface area contributed by atoms with Gasteiger partial charge in [-0.2, -0.15) is 18.2 Å². The Morgan fingerprint density at radius 3 is 2.68 bits per heavy atom. The Morgan fingerprint density at radius 2 is 1.97 bits per heavy atom. The zero-order valence-corrected chi connectivity index (χ0v) is 18.8. The van der Waals surface area contributed by atoms with E-state index in [1.807, 2.05) is 4.90 Å². The van der Waals surface area contributed by atoms with Crippen LogP contribution in [0.25, 0.3) is 0 Å². The second-order valence-electron chi connectivity index (χ2n) is 9.34. The Balaban J connectivity index is 1.43. The highest BCUT2D eigenvalue weighted by molar-refractivity contribution is 6.08. The lowest BCUT2D eigenvalue weighted by molar-refractivity contribution is -0.169. The van der Waals surface area contributed by atoms with Gasteiger partial charge in [0.15, 0.2) is 0 Å². The van der Waals surface area contributed by atoms with E-state index in [0.29, 0.717) is 44.7 Å². The van der Waals surface area contributed by atoms with Crippen LogP contribution in [0.3, 0.4) is 0 Å². The minimum absolute atomic E-state index is 0.0114. The van der Waals surface area contributed by atoms with Crippen molar-refractivity contribution in [1.82, 2.24) is 10.2 Å². The van der Waals surface area contributed by atoms with Gasteiger partial charge in [0, 0.05) is 31.3 Å². The number of nitrogens with zero attached hydrogens (tertiary/aromatic N) is 2. The van der Waals surface area contributed by atoms with Gasteiger partial charge < -0.3 is 20.7 Å². The minimum Gasteiger partial charge on any atom is -0.383 e. The second-order valence-corrected chi connectivity index (χ2v) is 9.34. The van der Waals surface area contributed by atoms with E-state index in [1.54, 1.807) is 0 Å². The van der Waals surface area contributed by atoms with Crippen LogP contribution in [0, 0.1) is 11.8 Å². The maximum absolute atomic E-state index is 13.3. The smallest absolute Gasteiger partial charge is 0.383 e. The van der Waals surface area contributed by atoms with Gasteiger partial charge in [-0.05, 0) is 55.2 Å². The van der Waals surface area contributed by atoms with Gasteiger partial charge >= 0.3 is 12.1 Å². The number of carbonyl (C=O) groups is 3. The molecule has 4 aliphatic rings. The van der Waals surface area contributed by atoms with Gasteiger partial charge in [0.2, 0.25) is 5.91 Å². The van der Waals surface area contributed by atoms with E-state index in [-0.39, 0.29) is 35.3 Å². The average molecular weight is 483 g/mol. The van der Waals surface area contributed by atoms with Gasteiger partial charge in [-0.15, -0.1) is 0 Å². The summed E-state index contributed by atoms with van der Waals surface area (Å²) in [5.41, 5.74) is 7.26. The molecule has 1 saturated carbocycles. The van der Waals surface area contributed by atoms with Crippen molar-refractivity contribution in [3.63, 3.8) is 0 Å². The van der Waals surface area contributed by atoms with Crippen molar-refractivity contribution in [3.05, 3.63) is 22.8 Å². The van der Waals surface area contributed by atoms with Crippen LogP contribution in [-0.2, 0) is 19.1 Å². The monoisotopic (exact) mass is 482 g/mol. The van der Waals surface area contributed by atoms with E-state index in [1.165, 1.54) is 6.08 Å². The van der Waals surface area contributed by atoms with Crippen LogP contribution in [-0.4, -0.2) is 67.0 Å². The molecule has 2 aliphatic carbocycles. The number of amidine groups is 1. The lowest BCUT2D eigenvalue weighted by Crippen LogP contribution is -2.48. The number of amides is 3. The van der Waals surface area contributed by atoms with Crippen molar-refractivity contribution in [3.8, 4) is 0 Å². The van der Waals surface area contributed by atoms with Crippen molar-refractivity contribution < 1.29 is 32.3 Å². The number of hydrogen-bond acceptors (Lipinski definition) is 4. The third-order valence-corrected chi connectivity index (χ3v) is 7.15. The summed E-state index contributed by atoms with van der Waals surface area (Å²) in [6.07, 6.45) is 1.63. The van der Waals surface area contributed by atoms with E-state index in [9.17, 15) is 27.6 Å². The van der Waals surface area contributed by atoms with Gasteiger partial charge in [-0.1, -0.05) is 12.8 Å². The predicted molar refractivity (Wildman–Crippen MR) is 116 cm³/mol. The average Bonchev–Trinajstić information content (AvgIpc) is 3.45. The first-order valence-corrected chi connectivity index (χ1v) is 11.7. The number of nitrogens with one attached hydrogen (secondary N) is 1. The second kappa shape index (κ2) is 9.89. The number of rotatable bonds is 5. The van der Waals surface area contributed by atoms with Crippen LogP contribution >= 0.6 is 0 Å². The van der Waals surface area contributed by atoms with Crippen molar-refractivity contribution >= 4 is 23.6 Å². The van der Waals surface area contributed by atoms with E-state index in [2.05, 4.69) is 10.3 Å². The van der Waals surface area contributed by atoms with Crippen LogP contribution < -0.4 is 11.1 Å². The van der Waals surface area contributed by atoms with Crippen LogP contribution in [0.4, 0.5) is 13.2 Å². The molecule has 0 radical (unpaired) electrons. The van der Waals surface area contributed by atoms with E-state index < -0.39 is 17.9 Å². The molecule has 0 aromatic heterocycles. The fraction of sp³-hybridized carbons (Fsp3) is 0.652. The highest BCUT2D eigenvalue weighted by Crippen LogP contribution is 2.37. The normalized spacial score (nSPS) is 28.1. The first-order chi connectivity index (χ1) is 16.1. The summed E-state index contributed by atoms with van der Waals surface area (Å²) in [6, 6.07) is -0.0263. The van der Waals surface area contributed by atoms with Crippen molar-refractivity contribution in [2.75, 3.05) is 26.3 Å². The Bertz CT molecular complexity index is 950. The maximum atomic E-state index is 13.3. The fourth-order valence-electron chi connectivity index (χ4n) is 5.25. The molecule has 2 heterocycles. The summed E-state index contributed by atoms with van der Waals surface area (Å²) in [5.74, 6) is -2.96. The number of alkyl halides is 3. The van der Waals surface area contributed by atoms with Crippen molar-refractivity contribution in [2.24, 2.45) is 22.6 Å². The molecule has 2 unspecified atom stereocenters. The molecule has 3 atom stereocenters. The van der Waals surface area contributed by atoms with Crippen LogP contribution in [0.1, 0.15) is 44.9 Å². The molecule has 0 aromatic carbocycles. The highest BCUT2D eigenvalue weighted by atomic mass is 19.4. The predicted octanol–water partition coefficient (Wildman–Crippen LogP) is 2.00. The molecule has 11 heteroatoms. The largest absolute Gasteiger partial charge is 0.473 e. The Kier molecular flexibility index (Phi) is 7.11. The van der Waals surface area contributed by atoms with Crippen molar-refractivity contribution in [2.45, 2.75) is 57.2 Å². The van der Waals surface area contributed by atoms with Crippen molar-refractivity contribution in [1.29, 1.82) is 0 Å². The SMILES string of the molecule is NC(=NC(=O)C(F)(F)F)C1=CC2=C(CC1)CN([C@@H]1CCCCC1CNC(=O)C1CCOC1)C2=O. The molecule has 1 saturated heterocycles. The van der Waals surface area contributed by atoms with Gasteiger partial charge in [0.1, 0.15) is 5.84 Å². The Labute approximate surface area is 195 Å². The standard InChI is InChI=1S/C23H29F3N4O4/c24-23(25,26)22(33)29-19(27)13-5-6-15-11-30(21(32)17(15)9-13)18-4-2-1-3-14(18)10-28-20(31)16-7-8-34-12-16/h9,14,16,18H,1-8,10-12H2,(H,28,31)(H2,27,29,33)/t14?,16?,18-/m1/s1. The molecule has 2 fully saturated rings. The van der Waals surface area contributed by atoms with Crippen LogP contribution in [0.15, 0.2) is 27.8 Å². The van der Waals surface area contributed by atoms with Crippen LogP contribution in [0.5, 0.6) is 0 Å². The van der Waals surface area contributed by atoms with E-state index in [4.69, 9.17) is 10.5 Å². The summed E-state index contributed by atoms with van der Waals surface area (Å²) in [5, 5.41) is 3.04. The number of aliphatic imine (C=N–C) groups is 1. The summed E-state index contributed by atoms with van der Waals surface area (Å²) in [6.45, 7) is 1.99. The number of halogens is 3. The van der Waals surface area contributed by atoms with E-state index in [0.717, 1.165) is 37.7 Å². The molecule has 34 heavy (non-hydrogen) atoms. The molecular formula is C23H29F3N4O4. The molecule has 3 amide bonds. The summed E-state index contributed by atoms with van der Waals surface area (Å²) < 4.78 is 42.8. The third-order valence-electron chi connectivity index (χ3n) is 7.15. The Morgan fingerprint density at radius 1 is 1.21 bits per heavy atom. The number of nitrogens with two attached hydrogens (primary N) is 1. The number of carbonyl (C=O) groups excluding carboxylic acids is 3. The first-order valence-electron chi connectivity index (χ1n) is 11.7. The van der Waals surface area contributed by atoms with Gasteiger partial charge in [-0.3, -0.25) is 14.4 Å². The van der Waals surface area contributed by atoms with Gasteiger partial charge in [0.05, 0.1) is 12.5 Å². The molecule has 186 valence electrons. The molecule has 4 rings (SSSR count). The highest BCUT2D eigenvalue weighted by Gasteiger charge is 2.41. The van der Waals surface area contributed by atoms with Gasteiger partial charge in [0.25, 0.3) is 5.91 Å². The first kappa shape index (κ1) is 24.4.